The Balaban J connectivity index is 3.12. The molecule has 0 aromatic heterocycles. The van der Waals surface area contributed by atoms with Crippen molar-refractivity contribution in [3.05, 3.63) is 0 Å². The Bertz CT molecular complexity index is 219. The van der Waals surface area contributed by atoms with Gasteiger partial charge in [0.05, 0.1) is 0 Å². The number of aliphatic hydroxyl groups is 1. The fourth-order valence-corrected chi connectivity index (χ4v) is 2.50. The molecule has 0 saturated heterocycles. The third-order valence-corrected chi connectivity index (χ3v) is 3.91. The minimum Gasteiger partial charge on any atom is -0.396 e. The van der Waals surface area contributed by atoms with Crippen LogP contribution < -0.4 is 5.32 Å². The quantitative estimate of drug-likeness (QED) is 0.410. The van der Waals surface area contributed by atoms with Gasteiger partial charge in [0.1, 0.15) is 0 Å². The molecule has 3 heteroatoms. The highest BCUT2D eigenvalue weighted by Gasteiger charge is 2.00. The summed E-state index contributed by atoms with van der Waals surface area (Å²) in [6.07, 6.45) is 16.4. The van der Waals surface area contributed by atoms with E-state index in [-0.39, 0.29) is 12.5 Å². The number of hydrogen-bond donors (Lipinski definition) is 2. The van der Waals surface area contributed by atoms with Crippen molar-refractivity contribution in [2.24, 2.45) is 0 Å². The van der Waals surface area contributed by atoms with Crippen molar-refractivity contribution in [3.8, 4) is 0 Å². The van der Waals surface area contributed by atoms with Crippen molar-refractivity contribution in [3.63, 3.8) is 0 Å². The maximum Gasteiger partial charge on any atom is 0.219 e. The summed E-state index contributed by atoms with van der Waals surface area (Å²) in [4.78, 5) is 11.6. The lowest BCUT2D eigenvalue weighted by molar-refractivity contribution is -0.121. The Morgan fingerprint density at radius 1 is 0.762 bits per heavy atom. The van der Waals surface area contributed by atoms with Gasteiger partial charge >= 0.3 is 0 Å². The zero-order chi connectivity index (χ0) is 15.6. The highest BCUT2D eigenvalue weighted by atomic mass is 16.2. The van der Waals surface area contributed by atoms with Crippen LogP contribution in [-0.4, -0.2) is 24.2 Å². The van der Waals surface area contributed by atoms with E-state index in [0.717, 1.165) is 38.6 Å². The van der Waals surface area contributed by atoms with Crippen LogP contribution >= 0.6 is 0 Å². The summed E-state index contributed by atoms with van der Waals surface area (Å²) >= 11 is 0. The van der Waals surface area contributed by atoms with E-state index in [1.54, 1.807) is 0 Å². The van der Waals surface area contributed by atoms with Gasteiger partial charge in [-0.05, 0) is 19.3 Å². The van der Waals surface area contributed by atoms with Gasteiger partial charge in [-0.1, -0.05) is 71.1 Å². The van der Waals surface area contributed by atoms with E-state index in [9.17, 15) is 4.79 Å². The summed E-state index contributed by atoms with van der Waals surface area (Å²) in [5.41, 5.74) is 0. The molecule has 0 heterocycles. The van der Waals surface area contributed by atoms with Crippen LogP contribution in [0.4, 0.5) is 0 Å². The largest absolute Gasteiger partial charge is 0.396 e. The number of unbranched alkanes of at least 4 members (excludes halogenated alkanes) is 11. The number of amides is 1. The lowest BCUT2D eigenvalue weighted by Gasteiger charge is -2.05. The SMILES string of the molecule is CCCCCCCCCCCC(=O)NCCCCCCO. The summed E-state index contributed by atoms with van der Waals surface area (Å²) in [7, 11) is 0. The van der Waals surface area contributed by atoms with E-state index >= 15 is 0 Å². The molecule has 0 rings (SSSR count). The highest BCUT2D eigenvalue weighted by molar-refractivity contribution is 5.75. The van der Waals surface area contributed by atoms with Gasteiger partial charge in [-0.25, -0.2) is 0 Å². The average Bonchev–Trinajstić information content (AvgIpc) is 2.49. The number of aliphatic hydroxyl groups excluding tert-OH is 1. The third kappa shape index (κ3) is 17.4. The molecule has 0 bridgehead atoms. The lowest BCUT2D eigenvalue weighted by atomic mass is 10.1. The molecule has 0 atom stereocenters. The van der Waals surface area contributed by atoms with Gasteiger partial charge in [-0.2, -0.15) is 0 Å². The standard InChI is InChI=1S/C18H37NO2/c1-2-3-4-5-6-7-8-9-12-15-18(21)19-16-13-10-11-14-17-20/h20H,2-17H2,1H3,(H,19,21). The maximum absolute atomic E-state index is 11.6. The van der Waals surface area contributed by atoms with Crippen LogP contribution in [0.25, 0.3) is 0 Å². The predicted octanol–water partition coefficient (Wildman–Crippen LogP) is 4.58. The molecule has 21 heavy (non-hydrogen) atoms. The molecule has 0 spiro atoms. The molecule has 0 aliphatic rings. The zero-order valence-electron chi connectivity index (χ0n) is 14.2. The molecule has 0 aromatic rings. The first-order valence-electron chi connectivity index (χ1n) is 9.18. The van der Waals surface area contributed by atoms with Crippen molar-refractivity contribution in [2.75, 3.05) is 13.2 Å². The molecule has 0 fully saturated rings. The van der Waals surface area contributed by atoms with Crippen molar-refractivity contribution >= 4 is 5.91 Å². The second kappa shape index (κ2) is 17.5. The topological polar surface area (TPSA) is 49.3 Å². The molecule has 1 amide bonds. The van der Waals surface area contributed by atoms with Gasteiger partial charge in [-0.15, -0.1) is 0 Å². The van der Waals surface area contributed by atoms with Crippen molar-refractivity contribution in [1.82, 2.24) is 5.32 Å². The Morgan fingerprint density at radius 3 is 1.90 bits per heavy atom. The fourth-order valence-electron chi connectivity index (χ4n) is 2.50. The maximum atomic E-state index is 11.6. The van der Waals surface area contributed by atoms with Gasteiger partial charge in [0.15, 0.2) is 0 Å². The number of hydrogen-bond acceptors (Lipinski definition) is 2. The van der Waals surface area contributed by atoms with E-state index in [1.165, 1.54) is 51.4 Å². The van der Waals surface area contributed by atoms with Crippen molar-refractivity contribution < 1.29 is 9.90 Å². The molecule has 0 aromatic carbocycles. The second-order valence-corrected chi connectivity index (χ2v) is 6.07. The number of nitrogens with one attached hydrogen (secondary N) is 1. The van der Waals surface area contributed by atoms with Crippen LogP contribution in [0, 0.1) is 0 Å². The second-order valence-electron chi connectivity index (χ2n) is 6.07. The van der Waals surface area contributed by atoms with E-state index in [2.05, 4.69) is 12.2 Å². The van der Waals surface area contributed by atoms with Crippen molar-refractivity contribution in [1.29, 1.82) is 0 Å². The minimum absolute atomic E-state index is 0.208. The van der Waals surface area contributed by atoms with E-state index in [4.69, 9.17) is 5.11 Å². The Kier molecular flexibility index (Phi) is 17.0. The molecular weight excluding hydrogens is 262 g/mol. The van der Waals surface area contributed by atoms with Crippen LogP contribution in [0.3, 0.4) is 0 Å². The molecular formula is C18H37NO2. The summed E-state index contributed by atoms with van der Waals surface area (Å²) in [5.74, 6) is 0.208. The fraction of sp³-hybridized carbons (Fsp3) is 0.944. The van der Waals surface area contributed by atoms with Gasteiger partial charge < -0.3 is 10.4 Å². The molecule has 0 radical (unpaired) electrons. The van der Waals surface area contributed by atoms with E-state index in [1.807, 2.05) is 0 Å². The summed E-state index contributed by atoms with van der Waals surface area (Å²) in [6.45, 7) is 3.33. The van der Waals surface area contributed by atoms with Crippen LogP contribution in [0.2, 0.25) is 0 Å². The number of carbonyl (C=O) groups is 1. The number of rotatable bonds is 16. The van der Waals surface area contributed by atoms with E-state index in [0.29, 0.717) is 6.42 Å². The Hall–Kier alpha value is -0.570. The lowest BCUT2D eigenvalue weighted by Crippen LogP contribution is -2.23. The van der Waals surface area contributed by atoms with Crippen molar-refractivity contribution in [2.45, 2.75) is 96.8 Å². The normalized spacial score (nSPS) is 10.8. The first kappa shape index (κ1) is 20.4. The van der Waals surface area contributed by atoms with Gasteiger partial charge in [0.2, 0.25) is 5.91 Å². The molecule has 0 aliphatic carbocycles. The third-order valence-electron chi connectivity index (χ3n) is 3.91. The first-order chi connectivity index (χ1) is 10.3. The van der Waals surface area contributed by atoms with Crippen LogP contribution in [-0.2, 0) is 4.79 Å². The van der Waals surface area contributed by atoms with Crippen LogP contribution in [0.15, 0.2) is 0 Å². The average molecular weight is 299 g/mol. The van der Waals surface area contributed by atoms with E-state index < -0.39 is 0 Å². The zero-order valence-corrected chi connectivity index (χ0v) is 14.2. The molecule has 126 valence electrons. The number of carbonyl (C=O) groups excluding carboxylic acids is 1. The molecule has 0 aliphatic heterocycles. The molecule has 0 unspecified atom stereocenters. The molecule has 2 N–H and O–H groups in total. The molecule has 0 saturated carbocycles. The van der Waals surface area contributed by atoms with Gasteiger partial charge in [0.25, 0.3) is 0 Å². The molecule has 3 nitrogen and oxygen atoms in total. The monoisotopic (exact) mass is 299 g/mol. The van der Waals surface area contributed by atoms with Gasteiger partial charge in [-0.3, -0.25) is 4.79 Å². The highest BCUT2D eigenvalue weighted by Crippen LogP contribution is 2.10. The minimum atomic E-state index is 0.208. The Morgan fingerprint density at radius 2 is 1.29 bits per heavy atom. The predicted molar refractivity (Wildman–Crippen MR) is 90.4 cm³/mol. The smallest absolute Gasteiger partial charge is 0.219 e. The Labute approximate surface area is 131 Å². The van der Waals surface area contributed by atoms with Gasteiger partial charge in [0, 0.05) is 19.6 Å². The summed E-state index contributed by atoms with van der Waals surface area (Å²) in [5, 5.41) is 11.6. The van der Waals surface area contributed by atoms with Crippen LogP contribution in [0.1, 0.15) is 96.8 Å². The first-order valence-corrected chi connectivity index (χ1v) is 9.18. The summed E-state index contributed by atoms with van der Waals surface area (Å²) < 4.78 is 0. The van der Waals surface area contributed by atoms with Crippen LogP contribution in [0.5, 0.6) is 0 Å². The summed E-state index contributed by atoms with van der Waals surface area (Å²) in [6, 6.07) is 0.